The van der Waals surface area contributed by atoms with Crippen LogP contribution in [0.4, 0.5) is 10.5 Å². The summed E-state index contributed by atoms with van der Waals surface area (Å²) in [6.45, 7) is 1.70. The fraction of sp³-hybridized carbons (Fsp3) is 0.111. The number of carboxylic acid groups (broad SMARTS) is 1. The molecule has 186 valence electrons. The first-order valence-electron chi connectivity index (χ1n) is 11.2. The van der Waals surface area contributed by atoms with Crippen molar-refractivity contribution in [3.63, 3.8) is 0 Å². The molecule has 0 aliphatic carbocycles. The second kappa shape index (κ2) is 9.79. The zero-order valence-electron chi connectivity index (χ0n) is 19.4. The number of amides is 1. The molecule has 37 heavy (non-hydrogen) atoms. The Morgan fingerprint density at radius 1 is 1.08 bits per heavy atom. The molecule has 1 unspecified atom stereocenters. The molecule has 0 fully saturated rings. The predicted octanol–water partition coefficient (Wildman–Crippen LogP) is 6.19. The summed E-state index contributed by atoms with van der Waals surface area (Å²) < 4.78 is 16.3. The van der Waals surface area contributed by atoms with Gasteiger partial charge in [-0.3, -0.25) is 10.1 Å². The molecule has 2 heterocycles. The number of nitrogens with zero attached hydrogens (tertiary/aromatic N) is 1. The van der Waals surface area contributed by atoms with Crippen LogP contribution in [-0.2, 0) is 16.0 Å². The Morgan fingerprint density at radius 2 is 1.86 bits per heavy atom. The minimum atomic E-state index is -0.993. The van der Waals surface area contributed by atoms with Crippen LogP contribution in [0.3, 0.4) is 0 Å². The molecule has 9 nitrogen and oxygen atoms in total. The van der Waals surface area contributed by atoms with Gasteiger partial charge < -0.3 is 18.8 Å². The monoisotopic (exact) mass is 518 g/mol. The standard InChI is InChI=1S/C27H19ClN2O7/c1-14(17-4-2-3-5-21(17)28)35-27(34)30-22-13-29-37-25(22)16-7-9-19-18-8-6-15(11-24(31)32)10-20(18)26(33)36-23(19)12-16/h2-10,12-14H,11H2,1H3,(H,30,34)(H,31,32). The molecule has 1 amide bonds. The number of carboxylic acids is 1. The minimum Gasteiger partial charge on any atom is -0.481 e. The van der Waals surface area contributed by atoms with E-state index < -0.39 is 23.8 Å². The van der Waals surface area contributed by atoms with Crippen LogP contribution in [0.2, 0.25) is 5.02 Å². The highest BCUT2D eigenvalue weighted by Gasteiger charge is 2.19. The average Bonchev–Trinajstić information content (AvgIpc) is 3.31. The topological polar surface area (TPSA) is 132 Å². The van der Waals surface area contributed by atoms with E-state index in [0.717, 1.165) is 0 Å². The highest BCUT2D eigenvalue weighted by molar-refractivity contribution is 6.31. The normalized spacial score (nSPS) is 11.9. The van der Waals surface area contributed by atoms with E-state index in [-0.39, 0.29) is 23.3 Å². The lowest BCUT2D eigenvalue weighted by Gasteiger charge is -2.15. The molecule has 0 bridgehead atoms. The van der Waals surface area contributed by atoms with Gasteiger partial charge in [0, 0.05) is 21.5 Å². The van der Waals surface area contributed by atoms with Crippen molar-refractivity contribution in [1.82, 2.24) is 5.16 Å². The molecule has 1 atom stereocenters. The van der Waals surface area contributed by atoms with Crippen LogP contribution in [0.1, 0.15) is 24.2 Å². The van der Waals surface area contributed by atoms with Gasteiger partial charge in [-0.2, -0.15) is 0 Å². The third-order valence-corrected chi connectivity index (χ3v) is 6.17. The SMILES string of the molecule is CC(OC(=O)Nc1cnoc1-c1ccc2c(c1)oc(=O)c1cc(CC(=O)O)ccc12)c1ccccc1Cl. The lowest BCUT2D eigenvalue weighted by molar-refractivity contribution is -0.136. The Hall–Kier alpha value is -4.63. The maximum absolute atomic E-state index is 12.7. The van der Waals surface area contributed by atoms with Crippen molar-refractivity contribution < 1.29 is 28.4 Å². The van der Waals surface area contributed by atoms with E-state index in [4.69, 9.17) is 30.4 Å². The van der Waals surface area contributed by atoms with Gasteiger partial charge in [0.2, 0.25) is 0 Å². The van der Waals surface area contributed by atoms with E-state index in [0.29, 0.717) is 38.1 Å². The first kappa shape index (κ1) is 24.1. The van der Waals surface area contributed by atoms with Crippen LogP contribution in [0.5, 0.6) is 0 Å². The first-order valence-corrected chi connectivity index (χ1v) is 11.6. The number of nitrogens with one attached hydrogen (secondary N) is 1. The summed E-state index contributed by atoms with van der Waals surface area (Å²) >= 11 is 6.18. The number of hydrogen-bond donors (Lipinski definition) is 2. The van der Waals surface area contributed by atoms with Gasteiger partial charge in [0.05, 0.1) is 18.0 Å². The van der Waals surface area contributed by atoms with Gasteiger partial charge in [0.15, 0.2) is 5.76 Å². The van der Waals surface area contributed by atoms with Crippen molar-refractivity contribution in [3.8, 4) is 11.3 Å². The van der Waals surface area contributed by atoms with Crippen molar-refractivity contribution in [2.24, 2.45) is 0 Å². The van der Waals surface area contributed by atoms with Gasteiger partial charge in [-0.05, 0) is 42.1 Å². The van der Waals surface area contributed by atoms with Gasteiger partial charge in [0.25, 0.3) is 0 Å². The second-order valence-corrected chi connectivity index (χ2v) is 8.72. The molecule has 2 N–H and O–H groups in total. The summed E-state index contributed by atoms with van der Waals surface area (Å²) in [5.74, 6) is -0.753. The molecule has 0 saturated carbocycles. The molecule has 0 aliphatic rings. The summed E-state index contributed by atoms with van der Waals surface area (Å²) in [6, 6.07) is 17.0. The van der Waals surface area contributed by atoms with Gasteiger partial charge >= 0.3 is 17.7 Å². The van der Waals surface area contributed by atoms with Crippen molar-refractivity contribution in [2.45, 2.75) is 19.4 Å². The summed E-state index contributed by atoms with van der Waals surface area (Å²) in [6.07, 6.45) is -0.196. The molecular formula is C27H19ClN2O7. The number of halogens is 1. The lowest BCUT2D eigenvalue weighted by Crippen LogP contribution is -2.16. The summed E-state index contributed by atoms with van der Waals surface area (Å²) in [7, 11) is 0. The van der Waals surface area contributed by atoms with Crippen molar-refractivity contribution >= 4 is 51.1 Å². The van der Waals surface area contributed by atoms with E-state index in [1.807, 2.05) is 0 Å². The molecule has 0 aliphatic heterocycles. The van der Waals surface area contributed by atoms with E-state index in [2.05, 4.69) is 10.5 Å². The lowest BCUT2D eigenvalue weighted by atomic mass is 10.0. The molecule has 5 rings (SSSR count). The number of carbonyl (C=O) groups excluding carboxylic acids is 1. The average molecular weight is 519 g/mol. The number of aromatic nitrogens is 1. The zero-order valence-corrected chi connectivity index (χ0v) is 20.1. The smallest absolute Gasteiger partial charge is 0.412 e. The van der Waals surface area contributed by atoms with Crippen LogP contribution in [0.25, 0.3) is 33.1 Å². The number of ether oxygens (including phenoxy) is 1. The van der Waals surface area contributed by atoms with E-state index in [1.54, 1.807) is 61.5 Å². The van der Waals surface area contributed by atoms with Crippen molar-refractivity contribution in [2.75, 3.05) is 5.32 Å². The quantitative estimate of drug-likeness (QED) is 0.201. The Bertz CT molecular complexity index is 1720. The third-order valence-electron chi connectivity index (χ3n) is 5.83. The number of anilines is 1. The van der Waals surface area contributed by atoms with Gasteiger partial charge in [0.1, 0.15) is 17.4 Å². The minimum absolute atomic E-state index is 0.201. The Balaban J connectivity index is 1.42. The Morgan fingerprint density at radius 3 is 2.65 bits per heavy atom. The van der Waals surface area contributed by atoms with Gasteiger partial charge in [-0.15, -0.1) is 0 Å². The van der Waals surface area contributed by atoms with E-state index >= 15 is 0 Å². The summed E-state index contributed by atoms with van der Waals surface area (Å²) in [4.78, 5) is 36.2. The van der Waals surface area contributed by atoms with Gasteiger partial charge in [-0.1, -0.05) is 53.2 Å². The fourth-order valence-corrected chi connectivity index (χ4v) is 4.40. The Kier molecular flexibility index (Phi) is 6.37. The summed E-state index contributed by atoms with van der Waals surface area (Å²) in [5, 5.41) is 17.5. The number of fused-ring (bicyclic) bond motifs is 3. The summed E-state index contributed by atoms with van der Waals surface area (Å²) in [5.41, 5.74) is 1.62. The molecule has 10 heteroatoms. The highest BCUT2D eigenvalue weighted by atomic mass is 35.5. The van der Waals surface area contributed by atoms with E-state index in [1.165, 1.54) is 12.3 Å². The Labute approximate surface area is 214 Å². The molecular weight excluding hydrogens is 500 g/mol. The van der Waals surface area contributed by atoms with Crippen LogP contribution in [0, 0.1) is 0 Å². The number of benzene rings is 3. The molecule has 2 aromatic heterocycles. The molecule has 5 aromatic rings. The van der Waals surface area contributed by atoms with Crippen molar-refractivity contribution in [3.05, 3.63) is 93.4 Å². The van der Waals surface area contributed by atoms with Crippen molar-refractivity contribution in [1.29, 1.82) is 0 Å². The molecule has 0 spiro atoms. The number of rotatable bonds is 6. The van der Waals surface area contributed by atoms with Crippen LogP contribution >= 0.6 is 11.6 Å². The molecule has 0 saturated heterocycles. The maximum Gasteiger partial charge on any atom is 0.412 e. The van der Waals surface area contributed by atoms with Gasteiger partial charge in [-0.25, -0.2) is 9.59 Å². The number of hydrogen-bond acceptors (Lipinski definition) is 7. The zero-order chi connectivity index (χ0) is 26.1. The third kappa shape index (κ3) is 4.89. The van der Waals surface area contributed by atoms with E-state index in [9.17, 15) is 14.4 Å². The second-order valence-electron chi connectivity index (χ2n) is 8.31. The fourth-order valence-electron chi connectivity index (χ4n) is 4.11. The van der Waals surface area contributed by atoms with Crippen LogP contribution in [0.15, 0.2) is 80.6 Å². The largest absolute Gasteiger partial charge is 0.481 e. The highest BCUT2D eigenvalue weighted by Crippen LogP contribution is 2.33. The van der Waals surface area contributed by atoms with Crippen LogP contribution < -0.4 is 10.9 Å². The number of aliphatic carboxylic acids is 1. The molecule has 0 radical (unpaired) electrons. The molecule has 3 aromatic carbocycles. The maximum atomic E-state index is 12.7. The first-order chi connectivity index (χ1) is 17.8. The number of carbonyl (C=O) groups is 2. The van der Waals surface area contributed by atoms with Crippen LogP contribution in [-0.4, -0.2) is 22.3 Å². The predicted molar refractivity (Wildman–Crippen MR) is 137 cm³/mol.